The molecule has 76 valence electrons. The normalized spacial score (nSPS) is 16.4. The van der Waals surface area contributed by atoms with Crippen LogP contribution in [0.25, 0.3) is 0 Å². The molecule has 0 spiro atoms. The third kappa shape index (κ3) is 1.70. The van der Waals surface area contributed by atoms with E-state index in [2.05, 4.69) is 15.3 Å². The van der Waals surface area contributed by atoms with Crippen LogP contribution < -0.4 is 5.32 Å². The fraction of sp³-hybridized carbons (Fsp3) is 0.600. The molecule has 0 radical (unpaired) electrons. The fourth-order valence-corrected chi connectivity index (χ4v) is 1.76. The van der Waals surface area contributed by atoms with E-state index in [-0.39, 0.29) is 12.6 Å². The van der Waals surface area contributed by atoms with E-state index >= 15 is 0 Å². The number of nitrogens with one attached hydrogen (secondary N) is 1. The van der Waals surface area contributed by atoms with Crippen LogP contribution in [-0.2, 0) is 12.8 Å². The van der Waals surface area contributed by atoms with Gasteiger partial charge in [0.05, 0.1) is 6.61 Å². The number of aliphatic hydroxyl groups excluding tert-OH is 1. The lowest BCUT2D eigenvalue weighted by molar-refractivity contribution is 0.281. The zero-order chi connectivity index (χ0) is 9.97. The summed E-state index contributed by atoms with van der Waals surface area (Å²) in [6.07, 6.45) is 4.86. The van der Waals surface area contributed by atoms with Crippen LogP contribution in [-0.4, -0.2) is 27.7 Å². The van der Waals surface area contributed by atoms with E-state index in [9.17, 15) is 0 Å². The molecule has 1 aliphatic carbocycles. The van der Waals surface area contributed by atoms with Gasteiger partial charge in [0.15, 0.2) is 0 Å². The average molecular weight is 193 g/mol. The molecule has 0 amide bonds. The summed E-state index contributed by atoms with van der Waals surface area (Å²) in [6, 6.07) is 0.0506. The van der Waals surface area contributed by atoms with Gasteiger partial charge in [0, 0.05) is 17.3 Å². The average Bonchev–Trinajstić information content (AvgIpc) is 2.66. The second-order valence-electron chi connectivity index (χ2n) is 3.73. The van der Waals surface area contributed by atoms with Crippen LogP contribution in [0.2, 0.25) is 0 Å². The minimum Gasteiger partial charge on any atom is -0.394 e. The summed E-state index contributed by atoms with van der Waals surface area (Å²) in [5.74, 6) is 0.897. The molecule has 1 aromatic heterocycles. The maximum Gasteiger partial charge on any atom is 0.133 e. The van der Waals surface area contributed by atoms with Crippen LogP contribution in [0.15, 0.2) is 6.33 Å². The van der Waals surface area contributed by atoms with Gasteiger partial charge in [0.25, 0.3) is 0 Å². The third-order valence-electron chi connectivity index (χ3n) is 2.53. The Kier molecular flexibility index (Phi) is 2.63. The van der Waals surface area contributed by atoms with Crippen LogP contribution >= 0.6 is 0 Å². The van der Waals surface area contributed by atoms with Gasteiger partial charge in [0.1, 0.15) is 12.1 Å². The molecule has 1 unspecified atom stereocenters. The van der Waals surface area contributed by atoms with E-state index in [1.165, 1.54) is 5.56 Å². The Hall–Kier alpha value is -1.16. The highest BCUT2D eigenvalue weighted by molar-refractivity contribution is 5.48. The van der Waals surface area contributed by atoms with Crippen molar-refractivity contribution >= 4 is 5.82 Å². The molecule has 1 heterocycles. The van der Waals surface area contributed by atoms with Gasteiger partial charge >= 0.3 is 0 Å². The monoisotopic (exact) mass is 193 g/mol. The van der Waals surface area contributed by atoms with Gasteiger partial charge in [-0.1, -0.05) is 0 Å². The molecule has 0 fully saturated rings. The Morgan fingerprint density at radius 2 is 2.36 bits per heavy atom. The lowest BCUT2D eigenvalue weighted by Gasteiger charge is -2.13. The lowest BCUT2D eigenvalue weighted by Crippen LogP contribution is -2.21. The number of aliphatic hydroxyl groups is 1. The Morgan fingerprint density at radius 1 is 1.50 bits per heavy atom. The van der Waals surface area contributed by atoms with Crippen molar-refractivity contribution in [2.45, 2.75) is 32.2 Å². The molecule has 0 aromatic carbocycles. The Morgan fingerprint density at radius 3 is 3.14 bits per heavy atom. The van der Waals surface area contributed by atoms with Gasteiger partial charge in [-0.3, -0.25) is 0 Å². The number of hydrogen-bond acceptors (Lipinski definition) is 4. The molecule has 0 bridgehead atoms. The van der Waals surface area contributed by atoms with E-state index in [1.54, 1.807) is 6.33 Å². The number of nitrogens with zero attached hydrogens (tertiary/aromatic N) is 2. The van der Waals surface area contributed by atoms with Crippen molar-refractivity contribution in [3.05, 3.63) is 17.6 Å². The first-order valence-electron chi connectivity index (χ1n) is 5.01. The van der Waals surface area contributed by atoms with Crippen LogP contribution in [0.1, 0.15) is 24.6 Å². The highest BCUT2D eigenvalue weighted by Crippen LogP contribution is 2.25. The van der Waals surface area contributed by atoms with E-state index in [0.29, 0.717) is 0 Å². The molecule has 0 saturated heterocycles. The van der Waals surface area contributed by atoms with Gasteiger partial charge in [-0.2, -0.15) is 0 Å². The second-order valence-corrected chi connectivity index (χ2v) is 3.73. The molecule has 0 aliphatic heterocycles. The van der Waals surface area contributed by atoms with Gasteiger partial charge in [-0.25, -0.2) is 9.97 Å². The van der Waals surface area contributed by atoms with Crippen molar-refractivity contribution in [2.24, 2.45) is 0 Å². The Bertz CT molecular complexity index is 327. The molecule has 2 rings (SSSR count). The maximum atomic E-state index is 8.94. The van der Waals surface area contributed by atoms with Crippen molar-refractivity contribution in [1.82, 2.24) is 9.97 Å². The van der Waals surface area contributed by atoms with Crippen molar-refractivity contribution in [3.8, 4) is 0 Å². The minimum atomic E-state index is 0.0506. The smallest absolute Gasteiger partial charge is 0.133 e. The van der Waals surface area contributed by atoms with Crippen LogP contribution in [0, 0.1) is 0 Å². The summed E-state index contributed by atoms with van der Waals surface area (Å²) < 4.78 is 0. The maximum absolute atomic E-state index is 8.94. The quantitative estimate of drug-likeness (QED) is 0.744. The topological polar surface area (TPSA) is 58.0 Å². The first-order valence-corrected chi connectivity index (χ1v) is 5.01. The molecular formula is C10H15N3O. The summed E-state index contributed by atoms with van der Waals surface area (Å²) in [4.78, 5) is 8.44. The second kappa shape index (κ2) is 3.92. The summed E-state index contributed by atoms with van der Waals surface area (Å²) in [5, 5.41) is 12.1. The fourth-order valence-electron chi connectivity index (χ4n) is 1.76. The van der Waals surface area contributed by atoms with Crippen molar-refractivity contribution in [2.75, 3.05) is 11.9 Å². The Balaban J connectivity index is 2.22. The van der Waals surface area contributed by atoms with Crippen molar-refractivity contribution < 1.29 is 5.11 Å². The molecule has 14 heavy (non-hydrogen) atoms. The highest BCUT2D eigenvalue weighted by atomic mass is 16.3. The number of aromatic nitrogens is 2. The molecule has 4 nitrogen and oxygen atoms in total. The standard InChI is InChI=1S/C10H15N3O/c1-7(5-14)13-10-8-3-2-4-9(8)11-6-12-10/h6-7,14H,2-5H2,1H3,(H,11,12,13). The zero-order valence-corrected chi connectivity index (χ0v) is 8.32. The molecule has 1 aliphatic rings. The molecule has 2 N–H and O–H groups in total. The first-order chi connectivity index (χ1) is 6.81. The molecular weight excluding hydrogens is 178 g/mol. The van der Waals surface area contributed by atoms with Crippen LogP contribution in [0.5, 0.6) is 0 Å². The molecule has 1 aromatic rings. The Labute approximate surface area is 83.4 Å². The number of fused-ring (bicyclic) bond motifs is 1. The summed E-state index contributed by atoms with van der Waals surface area (Å²) in [5.41, 5.74) is 2.39. The molecule has 1 atom stereocenters. The van der Waals surface area contributed by atoms with Gasteiger partial charge < -0.3 is 10.4 Å². The SMILES string of the molecule is CC(CO)Nc1ncnc2c1CCC2. The van der Waals surface area contributed by atoms with Crippen molar-refractivity contribution in [3.63, 3.8) is 0 Å². The highest BCUT2D eigenvalue weighted by Gasteiger charge is 2.17. The minimum absolute atomic E-state index is 0.0506. The summed E-state index contributed by atoms with van der Waals surface area (Å²) in [7, 11) is 0. The predicted octanol–water partition coefficient (Wildman–Crippen LogP) is 0.758. The van der Waals surface area contributed by atoms with Gasteiger partial charge in [-0.05, 0) is 26.2 Å². The summed E-state index contributed by atoms with van der Waals surface area (Å²) in [6.45, 7) is 2.06. The number of rotatable bonds is 3. The third-order valence-corrected chi connectivity index (χ3v) is 2.53. The van der Waals surface area contributed by atoms with Gasteiger partial charge in [-0.15, -0.1) is 0 Å². The predicted molar refractivity (Wildman–Crippen MR) is 54.2 cm³/mol. The van der Waals surface area contributed by atoms with E-state index < -0.39 is 0 Å². The molecule has 0 saturated carbocycles. The van der Waals surface area contributed by atoms with E-state index in [4.69, 9.17) is 5.11 Å². The van der Waals surface area contributed by atoms with E-state index in [0.717, 1.165) is 30.8 Å². The number of hydrogen-bond donors (Lipinski definition) is 2. The summed E-state index contributed by atoms with van der Waals surface area (Å²) >= 11 is 0. The van der Waals surface area contributed by atoms with Crippen LogP contribution in [0.3, 0.4) is 0 Å². The van der Waals surface area contributed by atoms with E-state index in [1.807, 2.05) is 6.92 Å². The van der Waals surface area contributed by atoms with Gasteiger partial charge in [0.2, 0.25) is 0 Å². The van der Waals surface area contributed by atoms with Crippen molar-refractivity contribution in [1.29, 1.82) is 0 Å². The number of anilines is 1. The first kappa shape index (κ1) is 9.40. The number of aryl methyl sites for hydroxylation is 1. The zero-order valence-electron chi connectivity index (χ0n) is 8.32. The lowest BCUT2D eigenvalue weighted by atomic mass is 10.2. The van der Waals surface area contributed by atoms with Crippen LogP contribution in [0.4, 0.5) is 5.82 Å². The largest absolute Gasteiger partial charge is 0.394 e. The molecule has 4 heteroatoms.